The van der Waals surface area contributed by atoms with Gasteiger partial charge in [-0.25, -0.2) is 4.68 Å². The zero-order chi connectivity index (χ0) is 20.4. The largest absolute Gasteiger partial charge is 0.330 e. The molecule has 154 valence electrons. The molecular weight excluding hydrogens is 364 g/mol. The SMILES string of the molecule is Cc1cc(C)n(-c2ccc(NC(=O)[C@H]3CCCCN3C(=O)C3CCCC3)cc2)n1. The lowest BCUT2D eigenvalue weighted by molar-refractivity contribution is -0.143. The number of aromatic nitrogens is 2. The van der Waals surface area contributed by atoms with Crippen molar-refractivity contribution in [2.24, 2.45) is 5.92 Å². The first-order chi connectivity index (χ1) is 14.0. The normalized spacial score (nSPS) is 20.1. The number of hydrogen-bond donors (Lipinski definition) is 1. The number of aryl methyl sites for hydroxylation is 2. The maximum absolute atomic E-state index is 13.0. The Morgan fingerprint density at radius 2 is 1.69 bits per heavy atom. The van der Waals surface area contributed by atoms with E-state index in [1.54, 1.807) is 0 Å². The molecule has 1 aliphatic heterocycles. The minimum Gasteiger partial charge on any atom is -0.330 e. The maximum Gasteiger partial charge on any atom is 0.247 e. The molecule has 1 N–H and O–H groups in total. The van der Waals surface area contributed by atoms with E-state index in [4.69, 9.17) is 0 Å². The van der Waals surface area contributed by atoms with Gasteiger partial charge in [0.2, 0.25) is 11.8 Å². The molecular formula is C23H30N4O2. The summed E-state index contributed by atoms with van der Waals surface area (Å²) in [5, 5.41) is 7.52. The molecule has 6 nitrogen and oxygen atoms in total. The van der Waals surface area contributed by atoms with Crippen molar-refractivity contribution in [2.45, 2.75) is 64.8 Å². The highest BCUT2D eigenvalue weighted by molar-refractivity contribution is 5.97. The minimum absolute atomic E-state index is 0.0742. The molecule has 6 heteroatoms. The summed E-state index contributed by atoms with van der Waals surface area (Å²) in [7, 11) is 0. The Morgan fingerprint density at radius 3 is 2.34 bits per heavy atom. The summed E-state index contributed by atoms with van der Waals surface area (Å²) in [6.07, 6.45) is 6.91. The van der Waals surface area contributed by atoms with E-state index >= 15 is 0 Å². The maximum atomic E-state index is 13.0. The predicted octanol–water partition coefficient (Wildman–Crippen LogP) is 4.00. The second-order valence-electron chi connectivity index (χ2n) is 8.40. The highest BCUT2D eigenvalue weighted by atomic mass is 16.2. The average molecular weight is 395 g/mol. The molecule has 2 fully saturated rings. The lowest BCUT2D eigenvalue weighted by atomic mass is 9.97. The van der Waals surface area contributed by atoms with Crippen LogP contribution in [0, 0.1) is 19.8 Å². The van der Waals surface area contributed by atoms with Gasteiger partial charge in [-0.15, -0.1) is 0 Å². The number of carbonyl (C=O) groups is 2. The van der Waals surface area contributed by atoms with Crippen LogP contribution in [0.15, 0.2) is 30.3 Å². The monoisotopic (exact) mass is 394 g/mol. The Balaban J connectivity index is 1.44. The fourth-order valence-corrected chi connectivity index (χ4v) is 4.68. The molecule has 2 heterocycles. The third kappa shape index (κ3) is 4.21. The number of nitrogens with zero attached hydrogens (tertiary/aromatic N) is 3. The molecule has 1 aromatic heterocycles. The average Bonchev–Trinajstić information content (AvgIpc) is 3.37. The predicted molar refractivity (Wildman–Crippen MR) is 113 cm³/mol. The fourth-order valence-electron chi connectivity index (χ4n) is 4.68. The molecule has 1 saturated heterocycles. The summed E-state index contributed by atoms with van der Waals surface area (Å²) >= 11 is 0. The third-order valence-corrected chi connectivity index (χ3v) is 6.18. The minimum atomic E-state index is -0.354. The second kappa shape index (κ2) is 8.39. The third-order valence-electron chi connectivity index (χ3n) is 6.18. The molecule has 1 atom stereocenters. The molecule has 29 heavy (non-hydrogen) atoms. The topological polar surface area (TPSA) is 67.2 Å². The zero-order valence-electron chi connectivity index (χ0n) is 17.4. The van der Waals surface area contributed by atoms with E-state index in [-0.39, 0.29) is 23.8 Å². The number of amides is 2. The molecule has 2 aromatic rings. The number of piperidine rings is 1. The molecule has 1 aromatic carbocycles. The van der Waals surface area contributed by atoms with Gasteiger partial charge in [-0.05, 0) is 76.3 Å². The zero-order valence-corrected chi connectivity index (χ0v) is 17.4. The first-order valence-corrected chi connectivity index (χ1v) is 10.8. The van der Waals surface area contributed by atoms with Crippen LogP contribution in [0.25, 0.3) is 5.69 Å². The number of carbonyl (C=O) groups excluding carboxylic acids is 2. The van der Waals surface area contributed by atoms with Crippen molar-refractivity contribution in [3.05, 3.63) is 41.7 Å². The van der Waals surface area contributed by atoms with Gasteiger partial charge in [-0.2, -0.15) is 5.10 Å². The molecule has 0 spiro atoms. The quantitative estimate of drug-likeness (QED) is 0.852. The number of anilines is 1. The van der Waals surface area contributed by atoms with Crippen molar-refractivity contribution in [2.75, 3.05) is 11.9 Å². The molecule has 4 rings (SSSR count). The van der Waals surface area contributed by atoms with Crippen molar-refractivity contribution in [1.82, 2.24) is 14.7 Å². The summed E-state index contributed by atoms with van der Waals surface area (Å²) in [5.74, 6) is 0.223. The van der Waals surface area contributed by atoms with E-state index in [0.29, 0.717) is 6.54 Å². The van der Waals surface area contributed by atoms with Gasteiger partial charge in [0.15, 0.2) is 0 Å². The van der Waals surface area contributed by atoms with Crippen LogP contribution in [-0.2, 0) is 9.59 Å². The molecule has 2 amide bonds. The Kier molecular flexibility index (Phi) is 5.69. The summed E-state index contributed by atoms with van der Waals surface area (Å²) in [6.45, 7) is 4.69. The highest BCUT2D eigenvalue weighted by Crippen LogP contribution is 2.29. The van der Waals surface area contributed by atoms with Crippen molar-refractivity contribution >= 4 is 17.5 Å². The van der Waals surface area contributed by atoms with E-state index in [9.17, 15) is 9.59 Å². The number of likely N-dealkylation sites (tertiary alicyclic amines) is 1. The number of hydrogen-bond acceptors (Lipinski definition) is 3. The Bertz CT molecular complexity index is 881. The molecule has 1 aliphatic carbocycles. The number of benzene rings is 1. The van der Waals surface area contributed by atoms with Crippen LogP contribution < -0.4 is 5.32 Å². The standard InChI is InChI=1S/C23H30N4O2/c1-16-15-17(2)27(25-16)20-12-10-19(11-13-20)24-22(28)21-9-5-6-14-26(21)23(29)18-7-3-4-8-18/h10-13,15,18,21H,3-9,14H2,1-2H3,(H,24,28)/t21-/m1/s1. The van der Waals surface area contributed by atoms with Gasteiger partial charge >= 0.3 is 0 Å². The van der Waals surface area contributed by atoms with Crippen LogP contribution in [0.3, 0.4) is 0 Å². The van der Waals surface area contributed by atoms with Crippen molar-refractivity contribution < 1.29 is 9.59 Å². The summed E-state index contributed by atoms with van der Waals surface area (Å²) in [6, 6.07) is 9.39. The second-order valence-corrected chi connectivity index (χ2v) is 8.40. The first kappa shape index (κ1) is 19.7. The van der Waals surface area contributed by atoms with Crippen LogP contribution in [0.2, 0.25) is 0 Å². The summed E-state index contributed by atoms with van der Waals surface area (Å²) in [5.41, 5.74) is 3.76. The van der Waals surface area contributed by atoms with Crippen LogP contribution in [0.4, 0.5) is 5.69 Å². The van der Waals surface area contributed by atoms with Crippen LogP contribution in [-0.4, -0.2) is 39.1 Å². The lowest BCUT2D eigenvalue weighted by Gasteiger charge is -2.36. The molecule has 0 unspecified atom stereocenters. The Morgan fingerprint density at radius 1 is 1.00 bits per heavy atom. The van der Waals surface area contributed by atoms with Gasteiger partial charge in [0.25, 0.3) is 0 Å². The van der Waals surface area contributed by atoms with E-state index in [1.807, 2.05) is 53.8 Å². The van der Waals surface area contributed by atoms with E-state index in [1.165, 1.54) is 0 Å². The number of nitrogens with one attached hydrogen (secondary N) is 1. The van der Waals surface area contributed by atoms with Crippen molar-refractivity contribution in [3.63, 3.8) is 0 Å². The van der Waals surface area contributed by atoms with Crippen LogP contribution in [0.5, 0.6) is 0 Å². The highest BCUT2D eigenvalue weighted by Gasteiger charge is 2.36. The van der Waals surface area contributed by atoms with E-state index in [2.05, 4.69) is 10.4 Å². The smallest absolute Gasteiger partial charge is 0.247 e. The van der Waals surface area contributed by atoms with Gasteiger partial charge in [0.1, 0.15) is 6.04 Å². The van der Waals surface area contributed by atoms with Crippen LogP contribution >= 0.6 is 0 Å². The van der Waals surface area contributed by atoms with Crippen molar-refractivity contribution in [1.29, 1.82) is 0 Å². The van der Waals surface area contributed by atoms with E-state index < -0.39 is 0 Å². The van der Waals surface area contributed by atoms with Gasteiger partial charge < -0.3 is 10.2 Å². The van der Waals surface area contributed by atoms with Gasteiger partial charge in [-0.1, -0.05) is 12.8 Å². The van der Waals surface area contributed by atoms with E-state index in [0.717, 1.165) is 67.7 Å². The molecule has 0 bridgehead atoms. The van der Waals surface area contributed by atoms with Crippen molar-refractivity contribution in [3.8, 4) is 5.69 Å². The van der Waals surface area contributed by atoms with Gasteiger partial charge in [0, 0.05) is 23.8 Å². The number of rotatable bonds is 4. The molecule has 1 saturated carbocycles. The first-order valence-electron chi connectivity index (χ1n) is 10.8. The summed E-state index contributed by atoms with van der Waals surface area (Å²) < 4.78 is 1.89. The van der Waals surface area contributed by atoms with Gasteiger partial charge in [-0.3, -0.25) is 9.59 Å². The summed E-state index contributed by atoms with van der Waals surface area (Å²) in [4.78, 5) is 27.8. The fraction of sp³-hybridized carbons (Fsp3) is 0.522. The van der Waals surface area contributed by atoms with Gasteiger partial charge in [0.05, 0.1) is 11.4 Å². The lowest BCUT2D eigenvalue weighted by Crippen LogP contribution is -2.51. The Labute approximate surface area is 172 Å². The van der Waals surface area contributed by atoms with Crippen LogP contribution in [0.1, 0.15) is 56.3 Å². The molecule has 2 aliphatic rings. The Hall–Kier alpha value is -2.63. The molecule has 0 radical (unpaired) electrons.